The molecule has 2 rings (SSSR count). The third-order valence-electron chi connectivity index (χ3n) is 3.55. The fourth-order valence-electron chi connectivity index (χ4n) is 2.61. The first-order valence-electron chi connectivity index (χ1n) is 5.75. The molecule has 2 aliphatic heterocycles. The van der Waals surface area contributed by atoms with Gasteiger partial charge in [0.1, 0.15) is 0 Å². The van der Waals surface area contributed by atoms with Crippen molar-refractivity contribution in [3.63, 3.8) is 0 Å². The maximum Gasteiger partial charge on any atom is 0.216 e. The van der Waals surface area contributed by atoms with Crippen molar-refractivity contribution in [3.8, 4) is 0 Å². The van der Waals surface area contributed by atoms with Gasteiger partial charge in [0.15, 0.2) is 0 Å². The Morgan fingerprint density at radius 3 is 2.73 bits per heavy atom. The smallest absolute Gasteiger partial charge is 0.216 e. The molecule has 0 radical (unpaired) electrons. The number of hydrogen-bond donors (Lipinski definition) is 1. The number of sulfonamides is 1. The second kappa shape index (κ2) is 4.03. The second-order valence-corrected chi connectivity index (χ2v) is 7.27. The Hall–Kier alpha value is -0.130. The first kappa shape index (κ1) is 11.4. The first-order valence-corrected chi connectivity index (χ1v) is 7.25. The van der Waals surface area contributed by atoms with Gasteiger partial charge in [-0.15, -0.1) is 0 Å². The van der Waals surface area contributed by atoms with Crippen molar-refractivity contribution < 1.29 is 8.42 Å². The minimum Gasteiger partial charge on any atom is -0.315 e. The van der Waals surface area contributed by atoms with Crippen LogP contribution in [0.2, 0.25) is 0 Å². The molecular weight excluding hydrogens is 212 g/mol. The predicted octanol–water partition coefficient (Wildman–Crippen LogP) is 0.408. The molecule has 1 N–H and O–H groups in total. The topological polar surface area (TPSA) is 49.4 Å². The third kappa shape index (κ3) is 1.92. The fraction of sp³-hybridized carbons (Fsp3) is 1.00. The molecule has 0 aromatic rings. The highest BCUT2D eigenvalue weighted by molar-refractivity contribution is 7.89. The zero-order valence-corrected chi connectivity index (χ0v) is 10.3. The maximum absolute atomic E-state index is 12.1. The van der Waals surface area contributed by atoms with Crippen LogP contribution in [0, 0.1) is 5.92 Å². The van der Waals surface area contributed by atoms with Gasteiger partial charge in [-0.25, -0.2) is 8.42 Å². The number of nitrogens with one attached hydrogen (secondary N) is 1. The quantitative estimate of drug-likeness (QED) is 0.750. The van der Waals surface area contributed by atoms with Gasteiger partial charge < -0.3 is 5.32 Å². The SMILES string of the molecule is CC(C)S(=O)(=O)N1CCCC2CNCC21. The minimum atomic E-state index is -3.06. The third-order valence-corrected chi connectivity index (χ3v) is 5.85. The molecule has 0 aromatic carbocycles. The van der Waals surface area contributed by atoms with E-state index in [1.165, 1.54) is 6.42 Å². The lowest BCUT2D eigenvalue weighted by molar-refractivity contribution is 0.216. The summed E-state index contributed by atoms with van der Waals surface area (Å²) in [5.41, 5.74) is 0. The Balaban J connectivity index is 2.21. The van der Waals surface area contributed by atoms with Crippen LogP contribution in [0.15, 0.2) is 0 Å². The lowest BCUT2D eigenvalue weighted by Crippen LogP contribution is -2.50. The van der Waals surface area contributed by atoms with E-state index < -0.39 is 10.0 Å². The Morgan fingerprint density at radius 2 is 2.07 bits per heavy atom. The highest BCUT2D eigenvalue weighted by Gasteiger charge is 2.41. The van der Waals surface area contributed by atoms with Gasteiger partial charge in [0.2, 0.25) is 10.0 Å². The molecule has 0 bridgehead atoms. The van der Waals surface area contributed by atoms with Crippen LogP contribution in [0.1, 0.15) is 26.7 Å². The summed E-state index contributed by atoms with van der Waals surface area (Å²) < 4.78 is 26.0. The molecule has 2 saturated heterocycles. The molecule has 2 unspecified atom stereocenters. The molecule has 2 fully saturated rings. The number of nitrogens with zero attached hydrogens (tertiary/aromatic N) is 1. The summed E-state index contributed by atoms with van der Waals surface area (Å²) >= 11 is 0. The van der Waals surface area contributed by atoms with E-state index in [0.717, 1.165) is 19.5 Å². The highest BCUT2D eigenvalue weighted by atomic mass is 32.2. The normalized spacial score (nSPS) is 33.3. The average Bonchev–Trinajstić information content (AvgIpc) is 2.64. The molecule has 2 atom stereocenters. The van der Waals surface area contributed by atoms with Crippen LogP contribution in [0.3, 0.4) is 0 Å². The second-order valence-electron chi connectivity index (χ2n) is 4.83. The van der Waals surface area contributed by atoms with E-state index >= 15 is 0 Å². The van der Waals surface area contributed by atoms with E-state index in [2.05, 4.69) is 5.32 Å². The van der Waals surface area contributed by atoms with Crippen LogP contribution in [0.25, 0.3) is 0 Å². The molecule has 0 aromatic heterocycles. The number of rotatable bonds is 2. The average molecular weight is 232 g/mol. The van der Waals surface area contributed by atoms with Crippen molar-refractivity contribution in [1.82, 2.24) is 9.62 Å². The lowest BCUT2D eigenvalue weighted by Gasteiger charge is -2.36. The Bertz CT molecular complexity index is 326. The van der Waals surface area contributed by atoms with Gasteiger partial charge in [0, 0.05) is 19.1 Å². The highest BCUT2D eigenvalue weighted by Crippen LogP contribution is 2.29. The largest absolute Gasteiger partial charge is 0.315 e. The molecule has 2 heterocycles. The Labute approximate surface area is 92.1 Å². The first-order chi connectivity index (χ1) is 7.03. The predicted molar refractivity (Wildman–Crippen MR) is 60.1 cm³/mol. The Kier molecular flexibility index (Phi) is 3.05. The fourth-order valence-corrected chi connectivity index (χ4v) is 4.16. The van der Waals surface area contributed by atoms with Crippen LogP contribution in [-0.4, -0.2) is 43.6 Å². The van der Waals surface area contributed by atoms with Crippen molar-refractivity contribution in [2.24, 2.45) is 5.92 Å². The van der Waals surface area contributed by atoms with Crippen LogP contribution >= 0.6 is 0 Å². The van der Waals surface area contributed by atoms with Gasteiger partial charge in [0.05, 0.1) is 5.25 Å². The van der Waals surface area contributed by atoms with E-state index in [1.54, 1.807) is 18.2 Å². The van der Waals surface area contributed by atoms with Crippen molar-refractivity contribution in [2.45, 2.75) is 38.0 Å². The molecule has 15 heavy (non-hydrogen) atoms. The standard InChI is InChI=1S/C10H20N2O2S/c1-8(2)15(13,14)12-5-3-4-9-6-11-7-10(9)12/h8-11H,3-7H2,1-2H3. The summed E-state index contributed by atoms with van der Waals surface area (Å²) in [7, 11) is -3.06. The van der Waals surface area contributed by atoms with Gasteiger partial charge in [0.25, 0.3) is 0 Å². The molecule has 0 saturated carbocycles. The van der Waals surface area contributed by atoms with Gasteiger partial charge in [-0.3, -0.25) is 0 Å². The van der Waals surface area contributed by atoms with E-state index in [9.17, 15) is 8.42 Å². The number of fused-ring (bicyclic) bond motifs is 1. The van der Waals surface area contributed by atoms with Crippen LogP contribution in [-0.2, 0) is 10.0 Å². The van der Waals surface area contributed by atoms with Gasteiger partial charge in [-0.1, -0.05) is 0 Å². The summed E-state index contributed by atoms with van der Waals surface area (Å²) in [6.45, 7) is 6.05. The Morgan fingerprint density at radius 1 is 1.33 bits per heavy atom. The molecular formula is C10H20N2O2S. The summed E-state index contributed by atoms with van der Waals surface area (Å²) in [5.74, 6) is 0.535. The summed E-state index contributed by atoms with van der Waals surface area (Å²) in [6.07, 6.45) is 2.18. The summed E-state index contributed by atoms with van der Waals surface area (Å²) in [5, 5.41) is 3.00. The summed E-state index contributed by atoms with van der Waals surface area (Å²) in [4.78, 5) is 0. The monoisotopic (exact) mass is 232 g/mol. The van der Waals surface area contributed by atoms with Gasteiger partial charge in [-0.2, -0.15) is 4.31 Å². The van der Waals surface area contributed by atoms with E-state index in [0.29, 0.717) is 12.5 Å². The maximum atomic E-state index is 12.1. The van der Waals surface area contributed by atoms with E-state index in [-0.39, 0.29) is 11.3 Å². The molecule has 0 amide bonds. The van der Waals surface area contributed by atoms with Crippen LogP contribution < -0.4 is 5.32 Å². The van der Waals surface area contributed by atoms with Crippen molar-refractivity contribution in [3.05, 3.63) is 0 Å². The van der Waals surface area contributed by atoms with Gasteiger partial charge in [-0.05, 0) is 39.2 Å². The van der Waals surface area contributed by atoms with Crippen LogP contribution in [0.5, 0.6) is 0 Å². The number of piperidine rings is 1. The molecule has 0 spiro atoms. The zero-order chi connectivity index (χ0) is 11.1. The van der Waals surface area contributed by atoms with E-state index in [4.69, 9.17) is 0 Å². The lowest BCUT2D eigenvalue weighted by atomic mass is 9.94. The molecule has 4 nitrogen and oxygen atoms in total. The van der Waals surface area contributed by atoms with Crippen molar-refractivity contribution in [1.29, 1.82) is 0 Å². The van der Waals surface area contributed by atoms with Gasteiger partial charge >= 0.3 is 0 Å². The van der Waals surface area contributed by atoms with E-state index in [1.807, 2.05) is 0 Å². The molecule has 88 valence electrons. The molecule has 2 aliphatic rings. The molecule has 0 aliphatic carbocycles. The minimum absolute atomic E-state index is 0.214. The number of hydrogen-bond acceptors (Lipinski definition) is 3. The van der Waals surface area contributed by atoms with Crippen molar-refractivity contribution >= 4 is 10.0 Å². The summed E-state index contributed by atoms with van der Waals surface area (Å²) in [6, 6.07) is 0.214. The van der Waals surface area contributed by atoms with Crippen LogP contribution in [0.4, 0.5) is 0 Å². The zero-order valence-electron chi connectivity index (χ0n) is 9.44. The molecule has 5 heteroatoms. The van der Waals surface area contributed by atoms with Crippen molar-refractivity contribution in [2.75, 3.05) is 19.6 Å².